The largest absolute Gasteiger partial charge is 0.385 e. The minimum Gasteiger partial charge on any atom is -0.385 e. The second-order valence-corrected chi connectivity index (χ2v) is 6.31. The molecule has 3 nitrogen and oxygen atoms in total. The van der Waals surface area contributed by atoms with Gasteiger partial charge in [-0.15, -0.1) is 12.4 Å². The topological polar surface area (TPSA) is 32.3 Å². The molecule has 0 radical (unpaired) electrons. The van der Waals surface area contributed by atoms with E-state index >= 15 is 0 Å². The van der Waals surface area contributed by atoms with Crippen LogP contribution in [0, 0.1) is 5.92 Å². The van der Waals surface area contributed by atoms with Gasteiger partial charge in [0, 0.05) is 30.4 Å². The van der Waals surface area contributed by atoms with Gasteiger partial charge in [-0.3, -0.25) is 4.79 Å². The maximum atomic E-state index is 12.9. The average molecular weight is 311 g/mol. The number of nitrogens with one attached hydrogen (secondary N) is 1. The molecule has 2 rings (SSSR count). The van der Waals surface area contributed by atoms with Gasteiger partial charge in [-0.1, -0.05) is 19.9 Å². The molecule has 4 heteroatoms. The number of nitrogens with zero attached hydrogens (tertiary/aromatic N) is 1. The summed E-state index contributed by atoms with van der Waals surface area (Å²) in [6, 6.07) is 6.27. The van der Waals surface area contributed by atoms with Crippen molar-refractivity contribution in [3.8, 4) is 0 Å². The zero-order chi connectivity index (χ0) is 14.7. The molecular weight excluding hydrogens is 284 g/mol. The van der Waals surface area contributed by atoms with Gasteiger partial charge in [0.1, 0.15) is 0 Å². The Hall–Kier alpha value is -1.22. The van der Waals surface area contributed by atoms with E-state index in [2.05, 4.69) is 39.1 Å². The molecule has 0 aromatic heterocycles. The molecule has 118 valence electrons. The van der Waals surface area contributed by atoms with Gasteiger partial charge in [0.25, 0.3) is 5.91 Å². The van der Waals surface area contributed by atoms with E-state index in [4.69, 9.17) is 0 Å². The van der Waals surface area contributed by atoms with E-state index in [-0.39, 0.29) is 24.4 Å². The number of benzene rings is 1. The summed E-state index contributed by atoms with van der Waals surface area (Å²) in [5.74, 6) is 0.660. The van der Waals surface area contributed by atoms with Crippen LogP contribution in [0.15, 0.2) is 18.2 Å². The molecule has 0 unspecified atom stereocenters. The van der Waals surface area contributed by atoms with Crippen molar-refractivity contribution in [3.63, 3.8) is 0 Å². The summed E-state index contributed by atoms with van der Waals surface area (Å²) in [4.78, 5) is 14.9. The fraction of sp³-hybridized carbons (Fsp3) is 0.588. The lowest BCUT2D eigenvalue weighted by atomic mass is 9.96. The molecule has 1 amide bonds. The fourth-order valence-corrected chi connectivity index (χ4v) is 2.79. The van der Waals surface area contributed by atoms with Crippen LogP contribution < -0.4 is 5.32 Å². The van der Waals surface area contributed by atoms with Gasteiger partial charge in [0.05, 0.1) is 0 Å². The molecule has 0 aliphatic carbocycles. The van der Waals surface area contributed by atoms with Crippen molar-refractivity contribution in [3.05, 3.63) is 29.3 Å². The third-order valence-electron chi connectivity index (χ3n) is 3.77. The van der Waals surface area contributed by atoms with Crippen LogP contribution in [-0.2, 0) is 6.42 Å². The van der Waals surface area contributed by atoms with Gasteiger partial charge in [-0.2, -0.15) is 0 Å². The Morgan fingerprint density at radius 3 is 2.62 bits per heavy atom. The second kappa shape index (κ2) is 7.69. The maximum Gasteiger partial charge on any atom is 0.254 e. The Labute approximate surface area is 134 Å². The number of anilines is 1. The van der Waals surface area contributed by atoms with E-state index in [0.29, 0.717) is 5.92 Å². The molecule has 0 bridgehead atoms. The third-order valence-corrected chi connectivity index (χ3v) is 3.77. The fourth-order valence-electron chi connectivity index (χ4n) is 2.79. The number of fused-ring (bicyclic) bond motifs is 1. The van der Waals surface area contributed by atoms with Gasteiger partial charge < -0.3 is 10.2 Å². The minimum absolute atomic E-state index is 0. The van der Waals surface area contributed by atoms with E-state index in [0.717, 1.165) is 37.2 Å². The summed E-state index contributed by atoms with van der Waals surface area (Å²) >= 11 is 0. The number of hydrogen-bond donors (Lipinski definition) is 1. The summed E-state index contributed by atoms with van der Waals surface area (Å²) in [6.45, 7) is 10.3. The smallest absolute Gasteiger partial charge is 0.254 e. The van der Waals surface area contributed by atoms with Crippen molar-refractivity contribution in [2.45, 2.75) is 46.6 Å². The number of hydrogen-bond acceptors (Lipinski definition) is 2. The molecule has 0 saturated carbocycles. The first kappa shape index (κ1) is 17.8. The van der Waals surface area contributed by atoms with E-state index in [1.165, 1.54) is 5.56 Å². The number of halogens is 1. The summed E-state index contributed by atoms with van der Waals surface area (Å²) in [5, 5.41) is 3.40. The van der Waals surface area contributed by atoms with E-state index in [9.17, 15) is 4.79 Å². The van der Waals surface area contributed by atoms with Crippen LogP contribution in [-0.4, -0.2) is 29.9 Å². The normalized spacial score (nSPS) is 13.4. The molecule has 1 aliphatic heterocycles. The second-order valence-electron chi connectivity index (χ2n) is 6.31. The van der Waals surface area contributed by atoms with Crippen molar-refractivity contribution in [1.29, 1.82) is 0 Å². The van der Waals surface area contributed by atoms with Crippen LogP contribution >= 0.6 is 12.4 Å². The molecule has 21 heavy (non-hydrogen) atoms. The van der Waals surface area contributed by atoms with E-state index in [1.807, 2.05) is 17.0 Å². The Morgan fingerprint density at radius 1 is 1.29 bits per heavy atom. The van der Waals surface area contributed by atoms with Crippen LogP contribution in [0.1, 0.15) is 50.0 Å². The highest BCUT2D eigenvalue weighted by Gasteiger charge is 2.24. The first-order valence-electron chi connectivity index (χ1n) is 7.67. The molecule has 0 spiro atoms. The Kier molecular flexibility index (Phi) is 6.53. The lowest BCUT2D eigenvalue weighted by molar-refractivity contribution is 0.0681. The zero-order valence-corrected chi connectivity index (χ0v) is 14.3. The minimum atomic E-state index is 0. The number of rotatable bonds is 4. The van der Waals surface area contributed by atoms with Crippen LogP contribution in [0.2, 0.25) is 0 Å². The summed E-state index contributed by atoms with van der Waals surface area (Å²) in [7, 11) is 0. The quantitative estimate of drug-likeness (QED) is 0.912. The van der Waals surface area contributed by atoms with Crippen LogP contribution in [0.25, 0.3) is 0 Å². The van der Waals surface area contributed by atoms with Crippen molar-refractivity contribution >= 4 is 24.0 Å². The molecular formula is C17H27ClN2O. The Balaban J connectivity index is 0.00000220. The van der Waals surface area contributed by atoms with Crippen molar-refractivity contribution in [2.24, 2.45) is 5.92 Å². The van der Waals surface area contributed by atoms with Gasteiger partial charge >= 0.3 is 0 Å². The molecule has 1 N–H and O–H groups in total. The lowest BCUT2D eigenvalue weighted by Crippen LogP contribution is -2.40. The summed E-state index contributed by atoms with van der Waals surface area (Å²) in [6.07, 6.45) is 2.10. The molecule has 0 saturated heterocycles. The third kappa shape index (κ3) is 4.13. The van der Waals surface area contributed by atoms with E-state index < -0.39 is 0 Å². The first-order valence-corrected chi connectivity index (χ1v) is 7.67. The number of carbonyl (C=O) groups is 1. The standard InChI is InChI=1S/C17H26N2O.ClH/c1-12(2)11-19(13(3)4)17(20)15-7-5-9-16-14(15)8-6-10-18-16;/h5,7,9,12-13,18H,6,8,10-11H2,1-4H3;1H. The summed E-state index contributed by atoms with van der Waals surface area (Å²) in [5.41, 5.74) is 3.21. The zero-order valence-electron chi connectivity index (χ0n) is 13.5. The van der Waals surface area contributed by atoms with Gasteiger partial charge in [0.2, 0.25) is 0 Å². The monoisotopic (exact) mass is 310 g/mol. The van der Waals surface area contributed by atoms with Crippen molar-refractivity contribution < 1.29 is 4.79 Å². The number of amides is 1. The summed E-state index contributed by atoms with van der Waals surface area (Å²) < 4.78 is 0. The highest BCUT2D eigenvalue weighted by molar-refractivity contribution is 5.97. The number of carbonyl (C=O) groups excluding carboxylic acids is 1. The highest BCUT2D eigenvalue weighted by Crippen LogP contribution is 2.26. The predicted molar refractivity (Wildman–Crippen MR) is 91.5 cm³/mol. The molecule has 1 aliphatic rings. The van der Waals surface area contributed by atoms with Crippen molar-refractivity contribution in [2.75, 3.05) is 18.4 Å². The average Bonchev–Trinajstić information content (AvgIpc) is 2.43. The van der Waals surface area contributed by atoms with Gasteiger partial charge in [-0.25, -0.2) is 0 Å². The Bertz CT molecular complexity index is 486. The van der Waals surface area contributed by atoms with Crippen LogP contribution in [0.4, 0.5) is 5.69 Å². The molecule has 0 fully saturated rings. The highest BCUT2D eigenvalue weighted by atomic mass is 35.5. The van der Waals surface area contributed by atoms with E-state index in [1.54, 1.807) is 0 Å². The predicted octanol–water partition coefficient (Wildman–Crippen LogP) is 3.97. The molecule has 0 atom stereocenters. The van der Waals surface area contributed by atoms with Crippen LogP contribution in [0.5, 0.6) is 0 Å². The first-order chi connectivity index (χ1) is 9.50. The van der Waals surface area contributed by atoms with Gasteiger partial charge in [-0.05, 0) is 50.3 Å². The molecule has 1 aromatic carbocycles. The SMILES string of the molecule is CC(C)CN(C(=O)c1cccc2c1CCCN2)C(C)C.Cl. The molecule has 1 heterocycles. The lowest BCUT2D eigenvalue weighted by Gasteiger charge is -2.30. The molecule has 1 aromatic rings. The van der Waals surface area contributed by atoms with Crippen LogP contribution in [0.3, 0.4) is 0 Å². The Morgan fingerprint density at radius 2 is 2.00 bits per heavy atom. The van der Waals surface area contributed by atoms with Crippen molar-refractivity contribution in [1.82, 2.24) is 4.90 Å². The maximum absolute atomic E-state index is 12.9. The van der Waals surface area contributed by atoms with Gasteiger partial charge in [0.15, 0.2) is 0 Å².